The molecular weight excluding hydrogens is 478 g/mol. The van der Waals surface area contributed by atoms with Gasteiger partial charge in [0.1, 0.15) is 18.5 Å². The van der Waals surface area contributed by atoms with Crippen molar-refractivity contribution in [1.82, 2.24) is 4.90 Å². The fourth-order valence-electron chi connectivity index (χ4n) is 5.08. The third-order valence-electron chi connectivity index (χ3n) is 6.97. The molecule has 3 aromatic rings. The molecule has 3 aliphatic rings. The van der Waals surface area contributed by atoms with Gasteiger partial charge in [-0.1, -0.05) is 48.0 Å². The molecule has 1 amide bonds. The van der Waals surface area contributed by atoms with Gasteiger partial charge in [0, 0.05) is 42.5 Å². The van der Waals surface area contributed by atoms with Crippen molar-refractivity contribution in [3.05, 3.63) is 89.4 Å². The summed E-state index contributed by atoms with van der Waals surface area (Å²) in [7, 11) is 0. The number of hydrogen-bond donors (Lipinski definition) is 0. The van der Waals surface area contributed by atoms with Crippen molar-refractivity contribution < 1.29 is 19.0 Å². The number of piperazine rings is 1. The number of carbonyl (C=O) groups excluding carboxylic acids is 1. The van der Waals surface area contributed by atoms with Crippen LogP contribution in [0.5, 0.6) is 5.75 Å². The van der Waals surface area contributed by atoms with Gasteiger partial charge >= 0.3 is 0 Å². The second kappa shape index (κ2) is 9.75. The molecule has 3 aromatic carbocycles. The molecule has 8 heteroatoms. The van der Waals surface area contributed by atoms with Crippen LogP contribution in [0.3, 0.4) is 0 Å². The second-order valence-corrected chi connectivity index (χ2v) is 9.70. The van der Waals surface area contributed by atoms with Gasteiger partial charge in [0.2, 0.25) is 0 Å². The largest absolute Gasteiger partial charge is 0.491 e. The predicted octanol–water partition coefficient (Wildman–Crippen LogP) is 4.11. The van der Waals surface area contributed by atoms with Crippen LogP contribution in [0.15, 0.2) is 78.9 Å². The fourth-order valence-corrected chi connectivity index (χ4v) is 5.21. The van der Waals surface area contributed by atoms with Gasteiger partial charge in [-0.3, -0.25) is 14.6 Å². The van der Waals surface area contributed by atoms with E-state index in [1.807, 2.05) is 42.5 Å². The Balaban J connectivity index is 1.13. The van der Waals surface area contributed by atoms with Crippen molar-refractivity contribution >= 4 is 28.9 Å². The molecule has 186 valence electrons. The third kappa shape index (κ3) is 4.33. The summed E-state index contributed by atoms with van der Waals surface area (Å²) in [6, 6.07) is 25.4. The first-order valence-electron chi connectivity index (χ1n) is 12.3. The molecule has 0 aliphatic carbocycles. The monoisotopic (exact) mass is 505 g/mol. The topological polar surface area (TPSA) is 54.5 Å². The summed E-state index contributed by atoms with van der Waals surface area (Å²) in [6.45, 7) is 4.61. The first kappa shape index (κ1) is 23.3. The number of fused-ring (bicyclic) bond motifs is 2. The van der Waals surface area contributed by atoms with Gasteiger partial charge in [-0.2, -0.15) is 0 Å². The summed E-state index contributed by atoms with van der Waals surface area (Å²) >= 11 is 5.96. The Morgan fingerprint density at radius 2 is 1.64 bits per heavy atom. The fraction of sp³-hybridized carbons (Fsp3) is 0.321. The zero-order chi connectivity index (χ0) is 24.5. The number of hydrogen-bond acceptors (Lipinski definition) is 6. The van der Waals surface area contributed by atoms with E-state index in [0.29, 0.717) is 17.4 Å². The van der Waals surface area contributed by atoms with Crippen LogP contribution >= 0.6 is 11.6 Å². The first-order valence-corrected chi connectivity index (χ1v) is 12.6. The van der Waals surface area contributed by atoms with Crippen LogP contribution in [0.4, 0.5) is 11.4 Å². The number of para-hydroxylation sites is 2. The molecule has 0 unspecified atom stereocenters. The van der Waals surface area contributed by atoms with Gasteiger partial charge < -0.3 is 19.1 Å². The van der Waals surface area contributed by atoms with Gasteiger partial charge in [0.05, 0.1) is 19.0 Å². The van der Waals surface area contributed by atoms with Crippen molar-refractivity contribution in [3.8, 4) is 5.75 Å². The molecule has 0 aromatic heterocycles. The normalized spacial score (nSPS) is 23.9. The summed E-state index contributed by atoms with van der Waals surface area (Å²) in [5.74, 6) is -0.905. The lowest BCUT2D eigenvalue weighted by molar-refractivity contribution is -0.187. The summed E-state index contributed by atoms with van der Waals surface area (Å²) in [4.78, 5) is 20.3. The number of benzene rings is 3. The molecule has 0 saturated carbocycles. The molecule has 1 spiro atoms. The van der Waals surface area contributed by atoms with E-state index in [1.165, 1.54) is 5.69 Å². The average Bonchev–Trinajstić information content (AvgIpc) is 3.46. The standard InChI is InChI=1S/C28H28ClN3O4/c29-21-10-12-23(13-11-21)34-18-24-19-35-28(36-24)25-8-4-5-9-26(25)32(27(28)33)20-30-14-16-31(17-15-30)22-6-2-1-3-7-22/h1-13,24H,14-20H2/t24-,28+/m0/s1. The second-order valence-electron chi connectivity index (χ2n) is 9.26. The third-order valence-corrected chi connectivity index (χ3v) is 7.22. The molecule has 6 rings (SSSR count). The van der Waals surface area contributed by atoms with E-state index in [4.69, 9.17) is 25.8 Å². The van der Waals surface area contributed by atoms with Crippen LogP contribution in [0.25, 0.3) is 0 Å². The maximum Gasteiger partial charge on any atom is 0.293 e. The Kier molecular flexibility index (Phi) is 6.31. The summed E-state index contributed by atoms with van der Waals surface area (Å²) in [5, 5.41) is 0.650. The van der Waals surface area contributed by atoms with Crippen LogP contribution in [-0.4, -0.2) is 63.0 Å². The van der Waals surface area contributed by atoms with E-state index >= 15 is 0 Å². The number of anilines is 2. The molecule has 0 radical (unpaired) electrons. The van der Waals surface area contributed by atoms with Gasteiger partial charge in [0.15, 0.2) is 0 Å². The number of halogens is 1. The van der Waals surface area contributed by atoms with Gasteiger partial charge in [-0.05, 0) is 42.5 Å². The van der Waals surface area contributed by atoms with Gasteiger partial charge in [0.25, 0.3) is 11.7 Å². The minimum Gasteiger partial charge on any atom is -0.491 e. The number of rotatable bonds is 6. The first-order chi connectivity index (χ1) is 17.6. The van der Waals surface area contributed by atoms with Crippen LogP contribution in [0.2, 0.25) is 5.02 Å². The molecule has 0 N–H and O–H groups in total. The van der Waals surface area contributed by atoms with E-state index < -0.39 is 5.79 Å². The van der Waals surface area contributed by atoms with E-state index in [-0.39, 0.29) is 25.2 Å². The van der Waals surface area contributed by atoms with Crippen LogP contribution in [0.1, 0.15) is 5.56 Å². The number of carbonyl (C=O) groups is 1. The Labute approximate surface area is 215 Å². The molecule has 36 heavy (non-hydrogen) atoms. The van der Waals surface area contributed by atoms with E-state index in [2.05, 4.69) is 34.1 Å². The van der Waals surface area contributed by atoms with Crippen molar-refractivity contribution in [1.29, 1.82) is 0 Å². The highest BCUT2D eigenvalue weighted by molar-refractivity contribution is 6.30. The number of nitrogens with zero attached hydrogens (tertiary/aromatic N) is 3. The molecular formula is C28H28ClN3O4. The van der Waals surface area contributed by atoms with Gasteiger partial charge in [-0.25, -0.2) is 0 Å². The number of ether oxygens (including phenoxy) is 3. The number of amides is 1. The highest BCUT2D eigenvalue weighted by Gasteiger charge is 2.58. The smallest absolute Gasteiger partial charge is 0.293 e. The lowest BCUT2D eigenvalue weighted by Crippen LogP contribution is -2.52. The summed E-state index contributed by atoms with van der Waals surface area (Å²) in [5.41, 5.74) is 2.83. The Morgan fingerprint density at radius 1 is 0.917 bits per heavy atom. The zero-order valence-electron chi connectivity index (χ0n) is 19.9. The Bertz CT molecular complexity index is 1220. The Morgan fingerprint density at radius 3 is 2.42 bits per heavy atom. The van der Waals surface area contributed by atoms with Gasteiger partial charge in [-0.15, -0.1) is 0 Å². The quantitative estimate of drug-likeness (QED) is 0.502. The molecule has 7 nitrogen and oxygen atoms in total. The van der Waals surface area contributed by atoms with E-state index in [1.54, 1.807) is 17.0 Å². The Hall–Kier alpha value is -3.10. The van der Waals surface area contributed by atoms with E-state index in [9.17, 15) is 4.79 Å². The molecule has 3 heterocycles. The van der Waals surface area contributed by atoms with Crippen molar-refractivity contribution in [2.24, 2.45) is 0 Å². The maximum absolute atomic E-state index is 13.8. The molecule has 2 fully saturated rings. The molecule has 2 atom stereocenters. The highest BCUT2D eigenvalue weighted by atomic mass is 35.5. The SMILES string of the molecule is O=C1N(CN2CCN(c3ccccc3)CC2)c2ccccc2[C@]12OC[C@H](COc1ccc(Cl)cc1)O2. The lowest BCUT2D eigenvalue weighted by atomic mass is 10.1. The van der Waals surface area contributed by atoms with Crippen LogP contribution in [0, 0.1) is 0 Å². The lowest BCUT2D eigenvalue weighted by Gasteiger charge is -2.38. The zero-order valence-corrected chi connectivity index (χ0v) is 20.6. The molecule has 0 bridgehead atoms. The maximum atomic E-state index is 13.8. The minimum absolute atomic E-state index is 0.178. The molecule has 2 saturated heterocycles. The predicted molar refractivity (Wildman–Crippen MR) is 138 cm³/mol. The van der Waals surface area contributed by atoms with E-state index in [0.717, 1.165) is 37.4 Å². The van der Waals surface area contributed by atoms with Crippen molar-refractivity contribution in [2.45, 2.75) is 11.9 Å². The average molecular weight is 506 g/mol. The minimum atomic E-state index is -1.42. The van der Waals surface area contributed by atoms with Crippen LogP contribution < -0.4 is 14.5 Å². The summed E-state index contributed by atoms with van der Waals surface area (Å²) < 4.78 is 18.3. The highest BCUT2D eigenvalue weighted by Crippen LogP contribution is 2.47. The summed E-state index contributed by atoms with van der Waals surface area (Å²) in [6.07, 6.45) is -0.368. The molecule has 3 aliphatic heterocycles. The van der Waals surface area contributed by atoms with Crippen molar-refractivity contribution in [3.63, 3.8) is 0 Å². The van der Waals surface area contributed by atoms with Crippen molar-refractivity contribution in [2.75, 3.05) is 55.9 Å². The van der Waals surface area contributed by atoms with Crippen LogP contribution in [-0.2, 0) is 20.1 Å².